The van der Waals surface area contributed by atoms with Crippen LogP contribution in [-0.4, -0.2) is 0 Å². The van der Waals surface area contributed by atoms with Crippen molar-refractivity contribution in [1.29, 1.82) is 0 Å². The van der Waals surface area contributed by atoms with Gasteiger partial charge in [0, 0.05) is 0 Å². The standard InChI is InChI=1S/C20H22/c1-2-8-18(16-9-3-4-10-16)15-19-13-7-12-17-11-5-6-14-20(17)19/h3-7,9,11-14,18H,2,8,10,15H2,1H3. The maximum Gasteiger partial charge on any atom is -0.0130 e. The molecule has 20 heavy (non-hydrogen) atoms. The van der Waals surface area contributed by atoms with Gasteiger partial charge in [-0.05, 0) is 41.5 Å². The smallest absolute Gasteiger partial charge is 0.0130 e. The van der Waals surface area contributed by atoms with Gasteiger partial charge in [0.15, 0.2) is 0 Å². The van der Waals surface area contributed by atoms with Crippen LogP contribution in [0.25, 0.3) is 10.8 Å². The van der Waals surface area contributed by atoms with Gasteiger partial charge in [-0.15, -0.1) is 0 Å². The summed E-state index contributed by atoms with van der Waals surface area (Å²) in [6.45, 7) is 2.29. The molecule has 0 heterocycles. The zero-order valence-electron chi connectivity index (χ0n) is 12.2. The van der Waals surface area contributed by atoms with E-state index < -0.39 is 0 Å². The third-order valence-electron chi connectivity index (χ3n) is 4.31. The van der Waals surface area contributed by atoms with Crippen molar-refractivity contribution in [2.45, 2.75) is 32.6 Å². The van der Waals surface area contributed by atoms with Crippen molar-refractivity contribution in [3.63, 3.8) is 0 Å². The van der Waals surface area contributed by atoms with Gasteiger partial charge in [-0.2, -0.15) is 0 Å². The van der Waals surface area contributed by atoms with E-state index in [0.29, 0.717) is 5.92 Å². The molecule has 0 bridgehead atoms. The first-order valence-corrected chi connectivity index (χ1v) is 7.70. The van der Waals surface area contributed by atoms with Crippen LogP contribution in [0.3, 0.4) is 0 Å². The highest BCUT2D eigenvalue weighted by molar-refractivity contribution is 5.85. The molecule has 3 rings (SSSR count). The van der Waals surface area contributed by atoms with E-state index in [0.717, 1.165) is 6.42 Å². The van der Waals surface area contributed by atoms with Gasteiger partial charge in [-0.25, -0.2) is 0 Å². The first-order chi connectivity index (χ1) is 9.88. The molecule has 0 aromatic heterocycles. The van der Waals surface area contributed by atoms with Crippen LogP contribution >= 0.6 is 0 Å². The Morgan fingerprint density at radius 3 is 2.70 bits per heavy atom. The van der Waals surface area contributed by atoms with Gasteiger partial charge >= 0.3 is 0 Å². The normalized spacial score (nSPS) is 15.6. The van der Waals surface area contributed by atoms with Gasteiger partial charge in [-0.3, -0.25) is 0 Å². The Labute approximate surface area is 121 Å². The molecule has 1 unspecified atom stereocenters. The van der Waals surface area contributed by atoms with Crippen LogP contribution in [0, 0.1) is 5.92 Å². The van der Waals surface area contributed by atoms with Gasteiger partial charge in [0.25, 0.3) is 0 Å². The van der Waals surface area contributed by atoms with Gasteiger partial charge < -0.3 is 0 Å². The van der Waals surface area contributed by atoms with Crippen LogP contribution in [0.5, 0.6) is 0 Å². The molecule has 0 amide bonds. The van der Waals surface area contributed by atoms with Crippen molar-refractivity contribution in [1.82, 2.24) is 0 Å². The second-order valence-electron chi connectivity index (χ2n) is 5.70. The summed E-state index contributed by atoms with van der Waals surface area (Å²) in [7, 11) is 0. The number of benzene rings is 2. The van der Waals surface area contributed by atoms with Crippen LogP contribution in [0.1, 0.15) is 31.7 Å². The molecule has 2 aromatic rings. The van der Waals surface area contributed by atoms with Crippen molar-refractivity contribution in [2.75, 3.05) is 0 Å². The number of rotatable bonds is 5. The fourth-order valence-electron chi connectivity index (χ4n) is 3.27. The average Bonchev–Trinajstić information content (AvgIpc) is 3.01. The molecule has 1 aliphatic carbocycles. The van der Waals surface area contributed by atoms with E-state index >= 15 is 0 Å². The predicted octanol–water partition coefficient (Wildman–Crippen LogP) is 5.68. The van der Waals surface area contributed by atoms with Crippen molar-refractivity contribution < 1.29 is 0 Å². The maximum absolute atomic E-state index is 2.32. The fourth-order valence-corrected chi connectivity index (χ4v) is 3.27. The molecular weight excluding hydrogens is 240 g/mol. The van der Waals surface area contributed by atoms with Gasteiger partial charge in [0.1, 0.15) is 0 Å². The number of fused-ring (bicyclic) bond motifs is 1. The van der Waals surface area contributed by atoms with Crippen LogP contribution in [0.4, 0.5) is 0 Å². The highest BCUT2D eigenvalue weighted by Gasteiger charge is 2.16. The Hall–Kier alpha value is -1.82. The molecule has 0 nitrogen and oxygen atoms in total. The number of allylic oxidation sites excluding steroid dienone is 4. The molecule has 0 saturated carbocycles. The lowest BCUT2D eigenvalue weighted by molar-refractivity contribution is 0.543. The lowest BCUT2D eigenvalue weighted by Crippen LogP contribution is -2.07. The third-order valence-corrected chi connectivity index (χ3v) is 4.31. The average molecular weight is 262 g/mol. The molecule has 0 saturated heterocycles. The summed E-state index contributed by atoms with van der Waals surface area (Å²) in [6.07, 6.45) is 11.7. The van der Waals surface area contributed by atoms with E-state index in [1.54, 1.807) is 5.57 Å². The van der Waals surface area contributed by atoms with Crippen molar-refractivity contribution in [2.24, 2.45) is 5.92 Å². The van der Waals surface area contributed by atoms with Gasteiger partial charge in [0.05, 0.1) is 0 Å². The summed E-state index contributed by atoms with van der Waals surface area (Å²) in [5.74, 6) is 0.695. The Balaban J connectivity index is 1.90. The van der Waals surface area contributed by atoms with E-state index in [1.807, 2.05) is 0 Å². The molecule has 0 spiro atoms. The topological polar surface area (TPSA) is 0 Å². The Bertz CT molecular complexity index is 641. The largest absolute Gasteiger partial charge is 0.0805 e. The highest BCUT2D eigenvalue weighted by Crippen LogP contribution is 2.30. The van der Waals surface area contributed by atoms with Crippen LogP contribution < -0.4 is 0 Å². The van der Waals surface area contributed by atoms with E-state index in [1.165, 1.54) is 35.6 Å². The van der Waals surface area contributed by atoms with E-state index in [2.05, 4.69) is 67.6 Å². The number of hydrogen-bond donors (Lipinski definition) is 0. The minimum Gasteiger partial charge on any atom is -0.0805 e. The summed E-state index contributed by atoms with van der Waals surface area (Å²) in [6, 6.07) is 15.5. The van der Waals surface area contributed by atoms with Crippen molar-refractivity contribution in [3.8, 4) is 0 Å². The number of hydrogen-bond acceptors (Lipinski definition) is 0. The maximum atomic E-state index is 2.32. The third kappa shape index (κ3) is 2.70. The van der Waals surface area contributed by atoms with Gasteiger partial charge in [0.2, 0.25) is 0 Å². The summed E-state index contributed by atoms with van der Waals surface area (Å²) >= 11 is 0. The Kier molecular flexibility index (Phi) is 4.01. The molecule has 0 aliphatic heterocycles. The second-order valence-corrected chi connectivity index (χ2v) is 5.70. The minimum absolute atomic E-state index is 0.695. The van der Waals surface area contributed by atoms with E-state index in [9.17, 15) is 0 Å². The van der Waals surface area contributed by atoms with E-state index in [-0.39, 0.29) is 0 Å². The fraction of sp³-hybridized carbons (Fsp3) is 0.300. The lowest BCUT2D eigenvalue weighted by Gasteiger charge is -2.19. The van der Waals surface area contributed by atoms with Crippen LogP contribution in [-0.2, 0) is 6.42 Å². The molecule has 0 fully saturated rings. The van der Waals surface area contributed by atoms with Gasteiger partial charge in [-0.1, -0.05) is 79.6 Å². The summed E-state index contributed by atoms with van der Waals surface area (Å²) in [4.78, 5) is 0. The molecule has 0 N–H and O–H groups in total. The molecule has 102 valence electrons. The SMILES string of the molecule is CCCC(Cc1cccc2ccccc12)C1=CC=CC1. The molecular formula is C20H22. The zero-order chi connectivity index (χ0) is 13.8. The molecule has 2 aromatic carbocycles. The lowest BCUT2D eigenvalue weighted by atomic mass is 9.86. The molecule has 1 atom stereocenters. The first kappa shape index (κ1) is 13.2. The highest BCUT2D eigenvalue weighted by atomic mass is 14.2. The summed E-state index contributed by atoms with van der Waals surface area (Å²) < 4.78 is 0. The summed E-state index contributed by atoms with van der Waals surface area (Å²) in [5, 5.41) is 2.78. The minimum atomic E-state index is 0.695. The van der Waals surface area contributed by atoms with Crippen molar-refractivity contribution >= 4 is 10.8 Å². The molecule has 0 heteroatoms. The quantitative estimate of drug-likeness (QED) is 0.649. The second kappa shape index (κ2) is 6.09. The van der Waals surface area contributed by atoms with Crippen LogP contribution in [0.15, 0.2) is 66.3 Å². The Morgan fingerprint density at radius 1 is 1.05 bits per heavy atom. The molecule has 0 radical (unpaired) electrons. The predicted molar refractivity (Wildman–Crippen MR) is 87.9 cm³/mol. The molecule has 1 aliphatic rings. The zero-order valence-corrected chi connectivity index (χ0v) is 12.2. The Morgan fingerprint density at radius 2 is 1.90 bits per heavy atom. The monoisotopic (exact) mass is 262 g/mol. The van der Waals surface area contributed by atoms with E-state index in [4.69, 9.17) is 0 Å². The van der Waals surface area contributed by atoms with Crippen LogP contribution in [0.2, 0.25) is 0 Å². The van der Waals surface area contributed by atoms with Crippen molar-refractivity contribution in [3.05, 3.63) is 71.8 Å². The first-order valence-electron chi connectivity index (χ1n) is 7.70. The summed E-state index contributed by atoms with van der Waals surface area (Å²) in [5.41, 5.74) is 3.11.